The van der Waals surface area contributed by atoms with Gasteiger partial charge in [0.25, 0.3) is 0 Å². The number of ketones is 1. The summed E-state index contributed by atoms with van der Waals surface area (Å²) >= 11 is 0. The highest BCUT2D eigenvalue weighted by atomic mass is 16.1. The van der Waals surface area contributed by atoms with Gasteiger partial charge in [-0.15, -0.1) is 0 Å². The van der Waals surface area contributed by atoms with Crippen molar-refractivity contribution in [1.82, 2.24) is 0 Å². The maximum Gasteiger partial charge on any atom is 0.158 e. The smallest absolute Gasteiger partial charge is 0.158 e. The monoisotopic (exact) mass is 222 g/mol. The molecule has 0 atom stereocenters. The molecule has 0 amide bonds. The molecule has 0 aromatic carbocycles. The lowest BCUT2D eigenvalue weighted by molar-refractivity contribution is -0.115. The van der Waals surface area contributed by atoms with Crippen molar-refractivity contribution in [3.05, 3.63) is 11.6 Å². The van der Waals surface area contributed by atoms with E-state index in [9.17, 15) is 4.79 Å². The number of carbonyl (C=O) groups is 1. The third kappa shape index (κ3) is 6.09. The van der Waals surface area contributed by atoms with Gasteiger partial charge in [0.1, 0.15) is 0 Å². The molecule has 0 saturated heterocycles. The van der Waals surface area contributed by atoms with Crippen molar-refractivity contribution in [3.8, 4) is 0 Å². The van der Waals surface area contributed by atoms with Crippen molar-refractivity contribution in [2.45, 2.75) is 77.6 Å². The van der Waals surface area contributed by atoms with E-state index < -0.39 is 0 Å². The summed E-state index contributed by atoms with van der Waals surface area (Å²) in [4.78, 5) is 11.7. The topological polar surface area (TPSA) is 17.1 Å². The highest BCUT2D eigenvalue weighted by Gasteiger charge is 2.04. The summed E-state index contributed by atoms with van der Waals surface area (Å²) in [6, 6.07) is 0. The largest absolute Gasteiger partial charge is 0.295 e. The van der Waals surface area contributed by atoms with Crippen molar-refractivity contribution in [1.29, 1.82) is 0 Å². The van der Waals surface area contributed by atoms with E-state index >= 15 is 0 Å². The Morgan fingerprint density at radius 2 is 1.31 bits per heavy atom. The molecule has 0 aromatic rings. The fourth-order valence-electron chi connectivity index (χ4n) is 2.30. The van der Waals surface area contributed by atoms with Gasteiger partial charge >= 0.3 is 0 Å². The van der Waals surface area contributed by atoms with Gasteiger partial charge in [-0.25, -0.2) is 0 Å². The first-order valence-electron chi connectivity index (χ1n) is 7.00. The molecule has 1 aliphatic rings. The van der Waals surface area contributed by atoms with Crippen LogP contribution in [0.15, 0.2) is 11.6 Å². The van der Waals surface area contributed by atoms with E-state index in [1.807, 2.05) is 6.92 Å². The second-order valence-corrected chi connectivity index (χ2v) is 5.03. The van der Waals surface area contributed by atoms with Gasteiger partial charge in [0, 0.05) is 6.42 Å². The molecule has 1 aliphatic carbocycles. The first-order valence-corrected chi connectivity index (χ1v) is 7.00. The maximum atomic E-state index is 11.7. The highest BCUT2D eigenvalue weighted by Crippen LogP contribution is 2.14. The lowest BCUT2D eigenvalue weighted by Gasteiger charge is -2.05. The zero-order valence-electron chi connectivity index (χ0n) is 10.8. The van der Waals surface area contributed by atoms with Gasteiger partial charge in [-0.2, -0.15) is 0 Å². The van der Waals surface area contributed by atoms with E-state index in [1.165, 1.54) is 51.4 Å². The van der Waals surface area contributed by atoms with Crippen LogP contribution in [0, 0.1) is 0 Å². The molecule has 0 unspecified atom stereocenters. The summed E-state index contributed by atoms with van der Waals surface area (Å²) in [6.07, 6.45) is 15.8. The van der Waals surface area contributed by atoms with E-state index in [-0.39, 0.29) is 0 Å². The van der Waals surface area contributed by atoms with Crippen LogP contribution in [-0.4, -0.2) is 5.78 Å². The number of carbonyl (C=O) groups excluding carboxylic acids is 1. The lowest BCUT2D eigenvalue weighted by Crippen LogP contribution is -1.99. The van der Waals surface area contributed by atoms with E-state index in [0.717, 1.165) is 24.8 Å². The Bertz CT molecular complexity index is 228. The Morgan fingerprint density at radius 1 is 0.812 bits per heavy atom. The molecule has 1 heteroatoms. The second-order valence-electron chi connectivity index (χ2n) is 5.03. The molecular weight excluding hydrogens is 196 g/mol. The number of allylic oxidation sites excluding steroid dienone is 2. The van der Waals surface area contributed by atoms with Gasteiger partial charge in [-0.3, -0.25) is 4.79 Å². The van der Waals surface area contributed by atoms with Gasteiger partial charge < -0.3 is 0 Å². The fourth-order valence-corrected chi connectivity index (χ4v) is 2.30. The van der Waals surface area contributed by atoms with Crippen LogP contribution in [0.25, 0.3) is 0 Å². The van der Waals surface area contributed by atoms with Crippen LogP contribution in [0.1, 0.15) is 77.6 Å². The standard InChI is InChI=1S/C15H26O/c1-14-12-10-8-6-4-2-3-5-7-9-11-13-15(14)16/h12H,2-11,13H2,1H3. The number of hydrogen-bond acceptors (Lipinski definition) is 1. The van der Waals surface area contributed by atoms with Crippen molar-refractivity contribution in [3.63, 3.8) is 0 Å². The molecule has 1 nitrogen and oxygen atoms in total. The average Bonchev–Trinajstić information content (AvgIpc) is 2.29. The molecule has 16 heavy (non-hydrogen) atoms. The van der Waals surface area contributed by atoms with Crippen molar-refractivity contribution < 1.29 is 4.79 Å². The van der Waals surface area contributed by atoms with Crippen LogP contribution in [0.2, 0.25) is 0 Å². The molecule has 1 rings (SSSR count). The SMILES string of the molecule is CC1=CCCCCCCCCCCCC1=O. The normalized spacial score (nSPS) is 22.3. The predicted molar refractivity (Wildman–Crippen MR) is 69.6 cm³/mol. The van der Waals surface area contributed by atoms with Crippen LogP contribution in [0.5, 0.6) is 0 Å². The Balaban J connectivity index is 2.35. The maximum absolute atomic E-state index is 11.7. The van der Waals surface area contributed by atoms with Gasteiger partial charge in [0.05, 0.1) is 0 Å². The molecule has 0 saturated carbocycles. The number of Topliss-reactive ketones (excluding diaryl/α,β-unsaturated/α-hetero) is 1. The molecule has 0 aliphatic heterocycles. The van der Waals surface area contributed by atoms with Crippen molar-refractivity contribution in [2.75, 3.05) is 0 Å². The van der Waals surface area contributed by atoms with E-state index in [2.05, 4.69) is 6.08 Å². The van der Waals surface area contributed by atoms with Gasteiger partial charge in [-0.05, 0) is 31.8 Å². The van der Waals surface area contributed by atoms with Crippen LogP contribution in [-0.2, 0) is 4.79 Å². The van der Waals surface area contributed by atoms with Crippen LogP contribution >= 0.6 is 0 Å². The zero-order valence-corrected chi connectivity index (χ0v) is 10.8. The lowest BCUT2D eigenvalue weighted by atomic mass is 10.0. The molecule has 92 valence electrons. The molecule has 0 fully saturated rings. The predicted octanol–water partition coefficient (Wildman–Crippen LogP) is 4.81. The molecular formula is C15H26O. The van der Waals surface area contributed by atoms with Crippen LogP contribution in [0.3, 0.4) is 0 Å². The molecule has 0 N–H and O–H groups in total. The molecule has 0 spiro atoms. The Kier molecular flexibility index (Phi) is 7.20. The zero-order chi connectivity index (χ0) is 11.6. The minimum absolute atomic E-state index is 0.372. The number of hydrogen-bond donors (Lipinski definition) is 0. The van der Waals surface area contributed by atoms with E-state index in [1.54, 1.807) is 0 Å². The summed E-state index contributed by atoms with van der Waals surface area (Å²) in [5, 5.41) is 0. The first kappa shape index (κ1) is 13.5. The third-order valence-corrected chi connectivity index (χ3v) is 3.50. The summed E-state index contributed by atoms with van der Waals surface area (Å²) in [5.74, 6) is 0.372. The molecule has 0 radical (unpaired) electrons. The summed E-state index contributed by atoms with van der Waals surface area (Å²) in [7, 11) is 0. The van der Waals surface area contributed by atoms with Gasteiger partial charge in [-0.1, -0.05) is 51.0 Å². The summed E-state index contributed by atoms with van der Waals surface area (Å²) in [6.45, 7) is 1.98. The second kappa shape index (κ2) is 8.55. The quantitative estimate of drug-likeness (QED) is 0.575. The van der Waals surface area contributed by atoms with Crippen molar-refractivity contribution in [2.24, 2.45) is 0 Å². The summed E-state index contributed by atoms with van der Waals surface area (Å²) in [5.41, 5.74) is 0.997. The average molecular weight is 222 g/mol. The summed E-state index contributed by atoms with van der Waals surface area (Å²) < 4.78 is 0. The Morgan fingerprint density at radius 3 is 1.94 bits per heavy atom. The van der Waals surface area contributed by atoms with Gasteiger partial charge in [0.2, 0.25) is 0 Å². The highest BCUT2D eigenvalue weighted by molar-refractivity contribution is 5.94. The van der Waals surface area contributed by atoms with Crippen LogP contribution in [0.4, 0.5) is 0 Å². The van der Waals surface area contributed by atoms with Crippen molar-refractivity contribution >= 4 is 5.78 Å². The molecule has 0 aromatic heterocycles. The Hall–Kier alpha value is -0.590. The van der Waals surface area contributed by atoms with Crippen LogP contribution < -0.4 is 0 Å². The minimum atomic E-state index is 0.372. The molecule has 0 bridgehead atoms. The molecule has 0 heterocycles. The minimum Gasteiger partial charge on any atom is -0.295 e. The third-order valence-electron chi connectivity index (χ3n) is 3.50. The van der Waals surface area contributed by atoms with E-state index in [4.69, 9.17) is 0 Å². The fraction of sp³-hybridized carbons (Fsp3) is 0.800. The van der Waals surface area contributed by atoms with Gasteiger partial charge in [0.15, 0.2) is 5.78 Å². The Labute approximate surface area is 100 Å². The number of rotatable bonds is 0. The van der Waals surface area contributed by atoms with E-state index in [0.29, 0.717) is 5.78 Å². The first-order chi connectivity index (χ1) is 7.80.